The summed E-state index contributed by atoms with van der Waals surface area (Å²) in [5.41, 5.74) is 1.81. The fourth-order valence-electron chi connectivity index (χ4n) is 2.52. The van der Waals surface area contributed by atoms with E-state index in [1.807, 2.05) is 37.3 Å². The fraction of sp³-hybridized carbons (Fsp3) is 0.381. The van der Waals surface area contributed by atoms with Crippen LogP contribution in [0.25, 0.3) is 0 Å². The lowest BCUT2D eigenvalue weighted by Gasteiger charge is -2.22. The van der Waals surface area contributed by atoms with Crippen molar-refractivity contribution in [3.63, 3.8) is 0 Å². The molecule has 158 valence electrons. The molecule has 0 saturated heterocycles. The van der Waals surface area contributed by atoms with Crippen LogP contribution in [0.15, 0.2) is 59.5 Å². The van der Waals surface area contributed by atoms with Gasteiger partial charge in [-0.15, -0.1) is 0 Å². The van der Waals surface area contributed by atoms with Gasteiger partial charge in [0.2, 0.25) is 0 Å². The first-order valence-corrected chi connectivity index (χ1v) is 10.8. The van der Waals surface area contributed by atoms with Gasteiger partial charge in [0, 0.05) is 13.1 Å². The van der Waals surface area contributed by atoms with Gasteiger partial charge >= 0.3 is 6.09 Å². The smallest absolute Gasteiger partial charge is 0.410 e. The standard InChI is InChI=1S/C21H27NO6S/c1-3-22(21(24)27-15-18-7-5-4-6-8-18)14-13-19(23)16-28-29(25,26)20-11-9-17(2)10-12-20/h4-12,19,23H,3,13-16H2,1-2H3/t19-/m0/s1. The van der Waals surface area contributed by atoms with Crippen LogP contribution in [0.5, 0.6) is 0 Å². The molecule has 0 unspecified atom stereocenters. The Morgan fingerprint density at radius 3 is 2.38 bits per heavy atom. The third kappa shape index (κ3) is 7.49. The van der Waals surface area contributed by atoms with Crippen molar-refractivity contribution in [1.29, 1.82) is 0 Å². The maximum absolute atomic E-state index is 12.2. The summed E-state index contributed by atoms with van der Waals surface area (Å²) < 4.78 is 34.5. The fourth-order valence-corrected chi connectivity index (χ4v) is 3.46. The SMILES string of the molecule is CCN(CC[C@H](O)COS(=O)(=O)c1ccc(C)cc1)C(=O)OCc1ccccc1. The molecule has 0 bridgehead atoms. The van der Waals surface area contributed by atoms with Gasteiger partial charge in [-0.1, -0.05) is 48.0 Å². The zero-order valence-electron chi connectivity index (χ0n) is 16.7. The molecular formula is C21H27NO6S. The lowest BCUT2D eigenvalue weighted by Crippen LogP contribution is -2.34. The van der Waals surface area contributed by atoms with E-state index in [-0.39, 0.29) is 31.1 Å². The molecule has 0 aliphatic carbocycles. The summed E-state index contributed by atoms with van der Waals surface area (Å²) in [7, 11) is -3.94. The largest absolute Gasteiger partial charge is 0.445 e. The molecule has 0 saturated carbocycles. The molecule has 0 spiro atoms. The van der Waals surface area contributed by atoms with Crippen molar-refractivity contribution in [3.05, 3.63) is 65.7 Å². The molecule has 29 heavy (non-hydrogen) atoms. The van der Waals surface area contributed by atoms with E-state index in [4.69, 9.17) is 8.92 Å². The van der Waals surface area contributed by atoms with Gasteiger partial charge in [-0.05, 0) is 38.0 Å². The zero-order valence-corrected chi connectivity index (χ0v) is 17.5. The Balaban J connectivity index is 1.77. The summed E-state index contributed by atoms with van der Waals surface area (Å²) in [4.78, 5) is 13.7. The molecule has 0 aromatic heterocycles. The second-order valence-corrected chi connectivity index (χ2v) is 8.23. The number of rotatable bonds is 10. The highest BCUT2D eigenvalue weighted by atomic mass is 32.2. The molecule has 0 heterocycles. The summed E-state index contributed by atoms with van der Waals surface area (Å²) in [5, 5.41) is 10.1. The number of aliphatic hydroxyl groups is 1. The first kappa shape index (κ1) is 22.9. The highest BCUT2D eigenvalue weighted by molar-refractivity contribution is 7.86. The highest BCUT2D eigenvalue weighted by Crippen LogP contribution is 2.14. The van der Waals surface area contributed by atoms with E-state index < -0.39 is 22.3 Å². The Hall–Kier alpha value is -2.42. The van der Waals surface area contributed by atoms with E-state index in [0.29, 0.717) is 6.54 Å². The van der Waals surface area contributed by atoms with E-state index >= 15 is 0 Å². The normalized spacial score (nSPS) is 12.4. The zero-order chi connectivity index (χ0) is 21.3. The monoisotopic (exact) mass is 421 g/mol. The highest BCUT2D eigenvalue weighted by Gasteiger charge is 2.19. The van der Waals surface area contributed by atoms with Crippen molar-refractivity contribution in [3.8, 4) is 0 Å². The number of carbonyl (C=O) groups excluding carboxylic acids is 1. The molecule has 2 rings (SSSR count). The molecule has 0 fully saturated rings. The second-order valence-electron chi connectivity index (χ2n) is 6.61. The first-order chi connectivity index (χ1) is 13.8. The molecule has 0 aliphatic rings. The summed E-state index contributed by atoms with van der Waals surface area (Å²) in [6.07, 6.45) is -1.36. The van der Waals surface area contributed by atoms with Crippen LogP contribution in [0.2, 0.25) is 0 Å². The van der Waals surface area contributed by atoms with Crippen LogP contribution in [0.4, 0.5) is 4.79 Å². The van der Waals surface area contributed by atoms with Crippen LogP contribution < -0.4 is 0 Å². The number of carbonyl (C=O) groups is 1. The summed E-state index contributed by atoms with van der Waals surface area (Å²) in [6, 6.07) is 15.6. The Morgan fingerprint density at radius 1 is 1.10 bits per heavy atom. The van der Waals surface area contributed by atoms with Crippen LogP contribution >= 0.6 is 0 Å². The molecule has 2 aromatic rings. The lowest BCUT2D eigenvalue weighted by atomic mass is 10.2. The predicted octanol–water partition coefficient (Wildman–Crippen LogP) is 3.11. The lowest BCUT2D eigenvalue weighted by molar-refractivity contribution is 0.0740. The van der Waals surface area contributed by atoms with Gasteiger partial charge in [-0.25, -0.2) is 4.79 Å². The minimum Gasteiger partial charge on any atom is -0.445 e. The Labute approximate surface area is 172 Å². The van der Waals surface area contributed by atoms with E-state index in [2.05, 4.69) is 0 Å². The van der Waals surface area contributed by atoms with E-state index in [0.717, 1.165) is 11.1 Å². The maximum atomic E-state index is 12.2. The number of aliphatic hydroxyl groups excluding tert-OH is 1. The molecule has 7 nitrogen and oxygen atoms in total. The van der Waals surface area contributed by atoms with E-state index in [1.54, 1.807) is 19.1 Å². The Bertz CT molecular complexity index is 868. The number of amides is 1. The van der Waals surface area contributed by atoms with Gasteiger partial charge in [-0.3, -0.25) is 4.18 Å². The topological polar surface area (TPSA) is 93.1 Å². The van der Waals surface area contributed by atoms with Crippen molar-refractivity contribution in [2.24, 2.45) is 0 Å². The molecule has 2 aromatic carbocycles. The summed E-state index contributed by atoms with van der Waals surface area (Å²) in [5.74, 6) is 0. The quantitative estimate of drug-likeness (QED) is 0.593. The van der Waals surface area contributed by atoms with Crippen LogP contribution in [0.3, 0.4) is 0 Å². The molecule has 0 radical (unpaired) electrons. The third-order valence-electron chi connectivity index (χ3n) is 4.30. The van der Waals surface area contributed by atoms with E-state index in [9.17, 15) is 18.3 Å². The van der Waals surface area contributed by atoms with Gasteiger partial charge in [0.15, 0.2) is 0 Å². The van der Waals surface area contributed by atoms with Gasteiger partial charge in [0.25, 0.3) is 10.1 Å². The number of ether oxygens (including phenoxy) is 1. The summed E-state index contributed by atoms with van der Waals surface area (Å²) in [6.45, 7) is 4.06. The Morgan fingerprint density at radius 2 is 1.76 bits per heavy atom. The van der Waals surface area contributed by atoms with Crippen molar-refractivity contribution < 1.29 is 27.2 Å². The molecular weight excluding hydrogens is 394 g/mol. The van der Waals surface area contributed by atoms with Crippen LogP contribution in [-0.2, 0) is 25.6 Å². The van der Waals surface area contributed by atoms with Gasteiger partial charge < -0.3 is 14.7 Å². The number of hydrogen-bond acceptors (Lipinski definition) is 6. The number of nitrogens with zero attached hydrogens (tertiary/aromatic N) is 1. The number of hydrogen-bond donors (Lipinski definition) is 1. The van der Waals surface area contributed by atoms with E-state index in [1.165, 1.54) is 17.0 Å². The minimum atomic E-state index is -3.94. The maximum Gasteiger partial charge on any atom is 0.410 e. The molecule has 8 heteroatoms. The van der Waals surface area contributed by atoms with Gasteiger partial charge in [0.05, 0.1) is 17.6 Å². The minimum absolute atomic E-state index is 0.0370. The first-order valence-electron chi connectivity index (χ1n) is 9.41. The summed E-state index contributed by atoms with van der Waals surface area (Å²) >= 11 is 0. The molecule has 1 N–H and O–H groups in total. The molecule has 1 amide bonds. The van der Waals surface area contributed by atoms with Crippen molar-refractivity contribution in [2.75, 3.05) is 19.7 Å². The Kier molecular flexibility index (Phi) is 8.63. The van der Waals surface area contributed by atoms with Crippen LogP contribution in [0.1, 0.15) is 24.5 Å². The van der Waals surface area contributed by atoms with Gasteiger partial charge in [0.1, 0.15) is 6.61 Å². The van der Waals surface area contributed by atoms with Crippen LogP contribution in [0, 0.1) is 6.92 Å². The van der Waals surface area contributed by atoms with Crippen molar-refractivity contribution in [2.45, 2.75) is 37.9 Å². The molecule has 0 aliphatic heterocycles. The van der Waals surface area contributed by atoms with Crippen molar-refractivity contribution in [1.82, 2.24) is 4.90 Å². The average molecular weight is 422 g/mol. The van der Waals surface area contributed by atoms with Crippen LogP contribution in [-0.4, -0.2) is 50.3 Å². The van der Waals surface area contributed by atoms with Gasteiger partial charge in [-0.2, -0.15) is 8.42 Å². The molecule has 1 atom stereocenters. The van der Waals surface area contributed by atoms with Crippen molar-refractivity contribution >= 4 is 16.2 Å². The second kappa shape index (κ2) is 10.9. The number of aryl methyl sites for hydroxylation is 1. The predicted molar refractivity (Wildman–Crippen MR) is 109 cm³/mol. The number of benzene rings is 2. The third-order valence-corrected chi connectivity index (χ3v) is 5.60. The average Bonchev–Trinajstić information content (AvgIpc) is 2.72.